The number of hydrogen-bond donors (Lipinski definition) is 2. The summed E-state index contributed by atoms with van der Waals surface area (Å²) in [5.74, 6) is -0.0342. The fourth-order valence-corrected chi connectivity index (χ4v) is 2.93. The van der Waals surface area contributed by atoms with Crippen LogP contribution in [-0.4, -0.2) is 54.7 Å². The van der Waals surface area contributed by atoms with Crippen molar-refractivity contribution in [3.05, 3.63) is 18.2 Å². The lowest BCUT2D eigenvalue weighted by molar-refractivity contribution is -0.144. The molecule has 2 N–H and O–H groups in total. The van der Waals surface area contributed by atoms with Crippen molar-refractivity contribution in [2.24, 2.45) is 5.92 Å². The average Bonchev–Trinajstić information content (AvgIpc) is 2.55. The lowest BCUT2D eigenvalue weighted by Gasteiger charge is -2.29. The highest BCUT2D eigenvalue weighted by molar-refractivity contribution is 5.92. The third kappa shape index (κ3) is 3.92. The van der Waals surface area contributed by atoms with E-state index in [0.29, 0.717) is 43.4 Å². The molecule has 0 aliphatic carbocycles. The molecule has 0 bridgehead atoms. The van der Waals surface area contributed by atoms with E-state index in [2.05, 4.69) is 5.32 Å². The Hall–Kier alpha value is -2.28. The van der Waals surface area contributed by atoms with Crippen molar-refractivity contribution >= 4 is 17.6 Å². The van der Waals surface area contributed by atoms with Crippen molar-refractivity contribution in [1.29, 1.82) is 0 Å². The molecule has 0 spiro atoms. The van der Waals surface area contributed by atoms with Gasteiger partial charge in [-0.15, -0.1) is 0 Å². The number of anilines is 1. The maximum atomic E-state index is 12.2. The van der Waals surface area contributed by atoms with Gasteiger partial charge in [0.1, 0.15) is 13.2 Å². The number of piperidine rings is 1. The van der Waals surface area contributed by atoms with Gasteiger partial charge in [0.2, 0.25) is 5.91 Å². The maximum absolute atomic E-state index is 12.2. The van der Waals surface area contributed by atoms with Crippen LogP contribution in [0.3, 0.4) is 0 Å². The van der Waals surface area contributed by atoms with Gasteiger partial charge in [0.25, 0.3) is 0 Å². The molecule has 0 aromatic heterocycles. The smallest absolute Gasteiger partial charge is 0.307 e. The molecule has 1 fully saturated rings. The molecule has 3 rings (SSSR count). The van der Waals surface area contributed by atoms with Crippen LogP contribution in [0.1, 0.15) is 12.8 Å². The minimum Gasteiger partial charge on any atom is -0.486 e. The number of ether oxygens (including phenoxy) is 2. The number of nitrogens with one attached hydrogen (secondary N) is 1. The van der Waals surface area contributed by atoms with E-state index >= 15 is 0 Å². The molecule has 1 unspecified atom stereocenters. The summed E-state index contributed by atoms with van der Waals surface area (Å²) < 4.78 is 10.9. The van der Waals surface area contributed by atoms with E-state index in [1.54, 1.807) is 18.2 Å². The maximum Gasteiger partial charge on any atom is 0.307 e. The van der Waals surface area contributed by atoms with Crippen LogP contribution in [0.5, 0.6) is 11.5 Å². The van der Waals surface area contributed by atoms with Gasteiger partial charge in [0, 0.05) is 18.3 Å². The Morgan fingerprint density at radius 1 is 1.26 bits per heavy atom. The Bertz CT molecular complexity index is 604. The van der Waals surface area contributed by atoms with Crippen LogP contribution in [0.2, 0.25) is 0 Å². The predicted octanol–water partition coefficient (Wildman–Crippen LogP) is 1.19. The van der Waals surface area contributed by atoms with Crippen LogP contribution >= 0.6 is 0 Å². The summed E-state index contributed by atoms with van der Waals surface area (Å²) in [4.78, 5) is 25.1. The van der Waals surface area contributed by atoms with Gasteiger partial charge in [-0.05, 0) is 31.5 Å². The highest BCUT2D eigenvalue weighted by atomic mass is 16.6. The minimum absolute atomic E-state index is 0.160. The number of rotatable bonds is 4. The Kier molecular flexibility index (Phi) is 4.66. The molecular weight excluding hydrogens is 300 g/mol. The quantitative estimate of drug-likeness (QED) is 0.866. The first kappa shape index (κ1) is 15.6. The zero-order chi connectivity index (χ0) is 16.2. The summed E-state index contributed by atoms with van der Waals surface area (Å²) in [7, 11) is 0. The summed E-state index contributed by atoms with van der Waals surface area (Å²) in [6.07, 6.45) is 1.48. The normalized spacial score (nSPS) is 20.8. The molecular formula is C16H20N2O5. The van der Waals surface area contributed by atoms with E-state index < -0.39 is 5.97 Å². The van der Waals surface area contributed by atoms with Crippen molar-refractivity contribution in [3.63, 3.8) is 0 Å². The summed E-state index contributed by atoms with van der Waals surface area (Å²) in [6, 6.07) is 5.27. The van der Waals surface area contributed by atoms with Gasteiger partial charge in [-0.25, -0.2) is 0 Å². The van der Waals surface area contributed by atoms with Crippen molar-refractivity contribution in [2.45, 2.75) is 12.8 Å². The molecule has 7 nitrogen and oxygen atoms in total. The Morgan fingerprint density at radius 3 is 2.83 bits per heavy atom. The van der Waals surface area contributed by atoms with Crippen LogP contribution in [0.15, 0.2) is 18.2 Å². The lowest BCUT2D eigenvalue weighted by Crippen LogP contribution is -2.42. The number of fused-ring (bicyclic) bond motifs is 1. The standard InChI is InChI=1S/C16H20N2O5/c19-15(10-18-5-1-2-11(9-18)16(20)21)17-12-3-4-13-14(8-12)23-7-6-22-13/h3-4,8,11H,1-2,5-7,9-10H2,(H,17,19)(H,20,21). The predicted molar refractivity (Wildman–Crippen MR) is 82.9 cm³/mol. The van der Waals surface area contributed by atoms with Crippen molar-refractivity contribution < 1.29 is 24.2 Å². The molecule has 1 atom stereocenters. The first-order chi connectivity index (χ1) is 11.1. The first-order valence-electron chi connectivity index (χ1n) is 7.76. The number of benzene rings is 1. The number of carboxylic acids is 1. The number of amides is 1. The first-order valence-corrected chi connectivity index (χ1v) is 7.76. The zero-order valence-electron chi connectivity index (χ0n) is 12.8. The molecule has 1 amide bonds. The second kappa shape index (κ2) is 6.87. The van der Waals surface area contributed by atoms with Gasteiger partial charge in [0.15, 0.2) is 11.5 Å². The Labute approximate surface area is 134 Å². The van der Waals surface area contributed by atoms with E-state index in [1.807, 2.05) is 4.90 Å². The molecule has 7 heteroatoms. The van der Waals surface area contributed by atoms with Gasteiger partial charge in [-0.3, -0.25) is 14.5 Å². The summed E-state index contributed by atoms with van der Waals surface area (Å²) in [5, 5.41) is 11.9. The number of aliphatic carboxylic acids is 1. The van der Waals surface area contributed by atoms with E-state index in [0.717, 1.165) is 13.0 Å². The largest absolute Gasteiger partial charge is 0.486 e. The molecule has 1 aromatic carbocycles. The van der Waals surface area contributed by atoms with Crippen molar-refractivity contribution in [2.75, 3.05) is 38.2 Å². The van der Waals surface area contributed by atoms with Crippen molar-refractivity contribution in [1.82, 2.24) is 4.90 Å². The van der Waals surface area contributed by atoms with Gasteiger partial charge in [-0.1, -0.05) is 0 Å². The van der Waals surface area contributed by atoms with Crippen LogP contribution in [-0.2, 0) is 9.59 Å². The summed E-state index contributed by atoms with van der Waals surface area (Å²) in [5.41, 5.74) is 0.644. The van der Waals surface area contributed by atoms with Gasteiger partial charge in [-0.2, -0.15) is 0 Å². The Morgan fingerprint density at radius 2 is 2.04 bits per heavy atom. The third-order valence-electron chi connectivity index (χ3n) is 4.05. The molecule has 124 valence electrons. The molecule has 23 heavy (non-hydrogen) atoms. The van der Waals surface area contributed by atoms with Crippen molar-refractivity contribution in [3.8, 4) is 11.5 Å². The second-order valence-electron chi connectivity index (χ2n) is 5.82. The summed E-state index contributed by atoms with van der Waals surface area (Å²) >= 11 is 0. The second-order valence-corrected chi connectivity index (χ2v) is 5.82. The van der Waals surface area contributed by atoms with E-state index in [4.69, 9.17) is 14.6 Å². The minimum atomic E-state index is -0.790. The molecule has 2 aliphatic heterocycles. The number of carbonyl (C=O) groups is 2. The van der Waals surface area contributed by atoms with Crippen LogP contribution in [0.25, 0.3) is 0 Å². The van der Waals surface area contributed by atoms with Gasteiger partial charge < -0.3 is 19.9 Å². The monoisotopic (exact) mass is 320 g/mol. The topological polar surface area (TPSA) is 88.1 Å². The highest BCUT2D eigenvalue weighted by Gasteiger charge is 2.26. The third-order valence-corrected chi connectivity index (χ3v) is 4.05. The van der Waals surface area contributed by atoms with E-state index in [9.17, 15) is 9.59 Å². The number of carbonyl (C=O) groups excluding carboxylic acids is 1. The number of likely N-dealkylation sites (tertiary alicyclic amines) is 1. The Balaban J connectivity index is 1.56. The molecule has 2 heterocycles. The van der Waals surface area contributed by atoms with Crippen LogP contribution < -0.4 is 14.8 Å². The summed E-state index contributed by atoms with van der Waals surface area (Å²) in [6.45, 7) is 2.38. The van der Waals surface area contributed by atoms with E-state index in [1.165, 1.54) is 0 Å². The molecule has 1 saturated heterocycles. The van der Waals surface area contributed by atoms with Gasteiger partial charge >= 0.3 is 5.97 Å². The average molecular weight is 320 g/mol. The lowest BCUT2D eigenvalue weighted by atomic mass is 9.98. The van der Waals surface area contributed by atoms with Gasteiger partial charge in [0.05, 0.1) is 12.5 Å². The fourth-order valence-electron chi connectivity index (χ4n) is 2.93. The zero-order valence-corrected chi connectivity index (χ0v) is 12.8. The number of nitrogens with zero attached hydrogens (tertiary/aromatic N) is 1. The number of carboxylic acid groups (broad SMARTS) is 1. The molecule has 0 radical (unpaired) electrons. The molecule has 2 aliphatic rings. The fraction of sp³-hybridized carbons (Fsp3) is 0.500. The number of hydrogen-bond acceptors (Lipinski definition) is 5. The van der Waals surface area contributed by atoms with Crippen LogP contribution in [0.4, 0.5) is 5.69 Å². The molecule has 0 saturated carbocycles. The van der Waals surface area contributed by atoms with E-state index in [-0.39, 0.29) is 18.4 Å². The molecule has 1 aromatic rings. The highest BCUT2D eigenvalue weighted by Crippen LogP contribution is 2.32. The van der Waals surface area contributed by atoms with Crippen LogP contribution in [0, 0.1) is 5.92 Å². The SMILES string of the molecule is O=C(CN1CCCC(C(=O)O)C1)Nc1ccc2c(c1)OCCO2.